The molecule has 2 aliphatic heterocycles. The molecule has 1 saturated heterocycles. The van der Waals surface area contributed by atoms with E-state index in [1.54, 1.807) is 0 Å². The van der Waals surface area contributed by atoms with E-state index in [4.69, 9.17) is 9.47 Å². The summed E-state index contributed by atoms with van der Waals surface area (Å²) in [7, 11) is -3.77. The van der Waals surface area contributed by atoms with Crippen molar-refractivity contribution in [3.63, 3.8) is 0 Å². The molecule has 2 aromatic carbocycles. The van der Waals surface area contributed by atoms with Crippen LogP contribution in [0.5, 0.6) is 5.75 Å². The number of aromatic nitrogens is 3. The van der Waals surface area contributed by atoms with Crippen molar-refractivity contribution in [1.82, 2.24) is 18.2 Å². The first-order chi connectivity index (χ1) is 15.9. The summed E-state index contributed by atoms with van der Waals surface area (Å²) in [6, 6.07) is 15.1. The molecule has 1 fully saturated rings. The SMILES string of the molecule is O=c1n(-c2ccc(S(=O)(=O)N3CCOC(COc4ccccc4)C3)cc2)c(=O)n2n1CCC2. The highest BCUT2D eigenvalue weighted by Crippen LogP contribution is 2.21. The Hall–Kier alpha value is -3.15. The molecule has 0 amide bonds. The number of hydrogen-bond donors (Lipinski definition) is 0. The molecule has 174 valence electrons. The molecule has 5 rings (SSSR count). The molecule has 3 heterocycles. The lowest BCUT2D eigenvalue weighted by molar-refractivity contribution is -0.0249. The Morgan fingerprint density at radius 2 is 1.58 bits per heavy atom. The smallest absolute Gasteiger partial charge is 0.351 e. The maximum atomic E-state index is 13.2. The van der Waals surface area contributed by atoms with E-state index < -0.39 is 27.5 Å². The molecule has 0 saturated carbocycles. The highest BCUT2D eigenvalue weighted by atomic mass is 32.2. The molecule has 0 bridgehead atoms. The second-order valence-electron chi connectivity index (χ2n) is 7.97. The van der Waals surface area contributed by atoms with Crippen molar-refractivity contribution in [3.8, 4) is 11.4 Å². The second-order valence-corrected chi connectivity index (χ2v) is 9.91. The zero-order valence-electron chi connectivity index (χ0n) is 17.9. The summed E-state index contributed by atoms with van der Waals surface area (Å²) in [6.45, 7) is 1.91. The fraction of sp³-hybridized carbons (Fsp3) is 0.364. The molecule has 2 aliphatic rings. The Kier molecular flexibility index (Phi) is 5.69. The van der Waals surface area contributed by atoms with Crippen LogP contribution in [0.2, 0.25) is 0 Å². The average Bonchev–Trinajstić information content (AvgIpc) is 3.42. The van der Waals surface area contributed by atoms with Gasteiger partial charge in [-0.1, -0.05) is 18.2 Å². The molecular formula is C22H24N4O6S. The van der Waals surface area contributed by atoms with Crippen LogP contribution in [-0.4, -0.2) is 59.1 Å². The predicted molar refractivity (Wildman–Crippen MR) is 119 cm³/mol. The minimum atomic E-state index is -3.77. The average molecular weight is 473 g/mol. The van der Waals surface area contributed by atoms with Crippen molar-refractivity contribution in [2.45, 2.75) is 30.5 Å². The lowest BCUT2D eigenvalue weighted by Crippen LogP contribution is -2.47. The van der Waals surface area contributed by atoms with Gasteiger partial charge in [0.2, 0.25) is 10.0 Å². The van der Waals surface area contributed by atoms with Crippen LogP contribution in [0, 0.1) is 0 Å². The standard InChI is InChI=1S/C22H24N4O6S/c27-21-24-11-4-12-25(24)22(28)26(21)17-7-9-20(10-8-17)33(29,30)23-13-14-31-19(15-23)16-32-18-5-2-1-3-6-18/h1-3,5-10,19H,4,11-16H2. The molecule has 0 spiro atoms. The van der Waals surface area contributed by atoms with E-state index in [2.05, 4.69) is 0 Å². The summed E-state index contributed by atoms with van der Waals surface area (Å²) in [5.74, 6) is 0.694. The minimum absolute atomic E-state index is 0.0933. The number of benzene rings is 2. The van der Waals surface area contributed by atoms with Crippen molar-refractivity contribution in [3.05, 3.63) is 75.6 Å². The predicted octanol–water partition coefficient (Wildman–Crippen LogP) is 0.673. The third-order valence-corrected chi connectivity index (χ3v) is 7.75. The Balaban J connectivity index is 1.32. The van der Waals surface area contributed by atoms with E-state index in [0.29, 0.717) is 24.5 Å². The number of hydrogen-bond acceptors (Lipinski definition) is 6. The monoisotopic (exact) mass is 472 g/mol. The van der Waals surface area contributed by atoms with Gasteiger partial charge in [-0.15, -0.1) is 0 Å². The van der Waals surface area contributed by atoms with E-state index in [0.717, 1.165) is 11.0 Å². The summed E-state index contributed by atoms with van der Waals surface area (Å²) in [5.41, 5.74) is -0.487. The molecule has 1 unspecified atom stereocenters. The van der Waals surface area contributed by atoms with E-state index in [1.807, 2.05) is 30.3 Å². The summed E-state index contributed by atoms with van der Waals surface area (Å²) >= 11 is 0. The van der Waals surface area contributed by atoms with Crippen molar-refractivity contribution in [2.75, 3.05) is 26.3 Å². The van der Waals surface area contributed by atoms with E-state index in [9.17, 15) is 18.0 Å². The Bertz CT molecular complexity index is 1320. The number of morpholine rings is 1. The summed E-state index contributed by atoms with van der Waals surface area (Å²) in [6.07, 6.45) is 0.356. The molecule has 0 N–H and O–H groups in total. The van der Waals surface area contributed by atoms with E-state index >= 15 is 0 Å². The Morgan fingerprint density at radius 3 is 2.24 bits per heavy atom. The third kappa shape index (κ3) is 4.03. The topological polar surface area (TPSA) is 105 Å². The molecule has 1 atom stereocenters. The molecule has 0 aliphatic carbocycles. The van der Waals surface area contributed by atoms with Gasteiger partial charge in [-0.3, -0.25) is 0 Å². The van der Waals surface area contributed by atoms with Gasteiger partial charge in [0.1, 0.15) is 18.5 Å². The molecule has 0 radical (unpaired) electrons. The molecular weight excluding hydrogens is 448 g/mol. The minimum Gasteiger partial charge on any atom is -0.491 e. The highest BCUT2D eigenvalue weighted by molar-refractivity contribution is 7.89. The van der Waals surface area contributed by atoms with Gasteiger partial charge in [0.25, 0.3) is 0 Å². The first kappa shape index (κ1) is 21.7. The van der Waals surface area contributed by atoms with Crippen LogP contribution in [0.25, 0.3) is 5.69 Å². The Morgan fingerprint density at radius 1 is 0.909 bits per heavy atom. The summed E-state index contributed by atoms with van der Waals surface area (Å²) in [4.78, 5) is 25.2. The normalized spacial score (nSPS) is 18.8. The quantitative estimate of drug-likeness (QED) is 0.522. The number of sulfonamides is 1. The fourth-order valence-electron chi connectivity index (χ4n) is 4.18. The van der Waals surface area contributed by atoms with E-state index in [-0.39, 0.29) is 31.2 Å². The van der Waals surface area contributed by atoms with Crippen LogP contribution < -0.4 is 16.1 Å². The van der Waals surface area contributed by atoms with Gasteiger partial charge in [0.05, 0.1) is 17.2 Å². The number of ether oxygens (including phenoxy) is 2. The lowest BCUT2D eigenvalue weighted by Gasteiger charge is -2.32. The number of para-hydroxylation sites is 1. The summed E-state index contributed by atoms with van der Waals surface area (Å²) in [5, 5.41) is 0. The van der Waals surface area contributed by atoms with Crippen molar-refractivity contribution in [1.29, 1.82) is 0 Å². The third-order valence-electron chi connectivity index (χ3n) is 5.87. The van der Waals surface area contributed by atoms with Crippen LogP contribution in [-0.2, 0) is 27.8 Å². The zero-order chi connectivity index (χ0) is 23.0. The summed E-state index contributed by atoms with van der Waals surface area (Å²) < 4.78 is 43.1. The van der Waals surface area contributed by atoms with E-state index in [1.165, 1.54) is 37.9 Å². The largest absolute Gasteiger partial charge is 0.491 e. The fourth-order valence-corrected chi connectivity index (χ4v) is 5.63. The highest BCUT2D eigenvalue weighted by Gasteiger charge is 2.31. The number of rotatable bonds is 6. The first-order valence-electron chi connectivity index (χ1n) is 10.8. The molecule has 1 aromatic heterocycles. The molecule has 3 aromatic rings. The zero-order valence-corrected chi connectivity index (χ0v) is 18.7. The maximum absolute atomic E-state index is 13.2. The van der Waals surface area contributed by atoms with Gasteiger partial charge in [-0.25, -0.2) is 31.9 Å². The Labute approximate surface area is 190 Å². The number of fused-ring (bicyclic) bond motifs is 1. The molecule has 33 heavy (non-hydrogen) atoms. The lowest BCUT2D eigenvalue weighted by atomic mass is 10.3. The van der Waals surface area contributed by atoms with Crippen LogP contribution in [0.3, 0.4) is 0 Å². The number of nitrogens with zero attached hydrogens (tertiary/aromatic N) is 4. The van der Waals surface area contributed by atoms with Gasteiger partial charge >= 0.3 is 11.4 Å². The van der Waals surface area contributed by atoms with Gasteiger partial charge < -0.3 is 9.47 Å². The van der Waals surface area contributed by atoms with Crippen LogP contribution >= 0.6 is 0 Å². The van der Waals surface area contributed by atoms with Crippen molar-refractivity contribution >= 4 is 10.0 Å². The van der Waals surface area contributed by atoms with Crippen molar-refractivity contribution in [2.24, 2.45) is 0 Å². The van der Waals surface area contributed by atoms with Gasteiger partial charge in [0, 0.05) is 26.2 Å². The van der Waals surface area contributed by atoms with Crippen LogP contribution in [0.4, 0.5) is 0 Å². The second kappa shape index (κ2) is 8.65. The maximum Gasteiger partial charge on any atom is 0.351 e. The van der Waals surface area contributed by atoms with Gasteiger partial charge in [-0.05, 0) is 42.8 Å². The van der Waals surface area contributed by atoms with Gasteiger partial charge in [-0.2, -0.15) is 4.31 Å². The van der Waals surface area contributed by atoms with Crippen molar-refractivity contribution < 1.29 is 17.9 Å². The first-order valence-corrected chi connectivity index (χ1v) is 12.2. The van der Waals surface area contributed by atoms with Crippen LogP contribution in [0.1, 0.15) is 6.42 Å². The molecule has 11 heteroatoms. The van der Waals surface area contributed by atoms with Gasteiger partial charge in [0.15, 0.2) is 0 Å². The van der Waals surface area contributed by atoms with Crippen LogP contribution in [0.15, 0.2) is 69.1 Å². The molecule has 10 nitrogen and oxygen atoms in total.